The molecule has 4 rings (SSSR count). The molecule has 2 aromatic rings. The number of fused-ring (bicyclic) bond motifs is 2. The number of pyridine rings is 1. The van der Waals surface area contributed by atoms with E-state index >= 15 is 0 Å². The lowest BCUT2D eigenvalue weighted by molar-refractivity contribution is 0.157. The number of aromatic nitrogens is 2. The number of aliphatic hydroxyl groups excluding tert-OH is 1. The Balaban J connectivity index is 1.50. The van der Waals surface area contributed by atoms with E-state index < -0.39 is 0 Å². The van der Waals surface area contributed by atoms with Crippen molar-refractivity contribution in [2.24, 2.45) is 11.8 Å². The molecule has 5 heteroatoms. The van der Waals surface area contributed by atoms with Crippen molar-refractivity contribution in [3.63, 3.8) is 0 Å². The van der Waals surface area contributed by atoms with Gasteiger partial charge in [0, 0.05) is 24.8 Å². The summed E-state index contributed by atoms with van der Waals surface area (Å²) in [6.07, 6.45) is 5.99. The lowest BCUT2D eigenvalue weighted by atomic mass is 10.0. The van der Waals surface area contributed by atoms with Gasteiger partial charge in [0.05, 0.1) is 11.8 Å². The Morgan fingerprint density at radius 1 is 1.25 bits per heavy atom. The van der Waals surface area contributed by atoms with Crippen LogP contribution in [0.5, 0.6) is 0 Å². The smallest absolute Gasteiger partial charge is 0.258 e. The first-order valence-corrected chi connectivity index (χ1v) is 8.87. The molecule has 2 aliphatic carbocycles. The fraction of sp³-hybridized carbons (Fsp3) is 0.579. The Bertz CT molecular complexity index is 802. The first-order valence-electron chi connectivity index (χ1n) is 8.87. The third kappa shape index (κ3) is 2.87. The van der Waals surface area contributed by atoms with Crippen LogP contribution in [0.2, 0.25) is 0 Å². The maximum absolute atomic E-state index is 12.3. The predicted octanol–water partition coefficient (Wildman–Crippen LogP) is 1.98. The van der Waals surface area contributed by atoms with Crippen LogP contribution >= 0.6 is 0 Å². The second-order valence-electron chi connectivity index (χ2n) is 7.71. The molecule has 2 heterocycles. The average molecular weight is 327 g/mol. The molecule has 0 spiro atoms. The van der Waals surface area contributed by atoms with E-state index in [9.17, 15) is 9.90 Å². The Labute approximate surface area is 141 Å². The third-order valence-electron chi connectivity index (χ3n) is 5.86. The normalized spacial score (nSPS) is 29.5. The van der Waals surface area contributed by atoms with Crippen LogP contribution in [-0.2, 0) is 6.54 Å². The van der Waals surface area contributed by atoms with E-state index in [2.05, 4.69) is 16.9 Å². The number of aliphatic hydroxyl groups is 1. The highest BCUT2D eigenvalue weighted by Crippen LogP contribution is 2.45. The molecular weight excluding hydrogens is 302 g/mol. The van der Waals surface area contributed by atoms with Gasteiger partial charge in [-0.3, -0.25) is 14.1 Å². The molecule has 24 heavy (non-hydrogen) atoms. The quantitative estimate of drug-likeness (QED) is 0.936. The second kappa shape index (κ2) is 5.97. The first-order chi connectivity index (χ1) is 11.5. The molecule has 0 amide bonds. The van der Waals surface area contributed by atoms with E-state index in [1.165, 1.54) is 0 Å². The Hall–Kier alpha value is -1.72. The van der Waals surface area contributed by atoms with Gasteiger partial charge in [0.15, 0.2) is 0 Å². The minimum Gasteiger partial charge on any atom is -0.393 e. The van der Waals surface area contributed by atoms with Crippen molar-refractivity contribution >= 4 is 5.65 Å². The molecule has 2 unspecified atom stereocenters. The molecule has 2 aliphatic rings. The van der Waals surface area contributed by atoms with Gasteiger partial charge in [-0.2, -0.15) is 0 Å². The zero-order valence-corrected chi connectivity index (χ0v) is 14.4. The van der Waals surface area contributed by atoms with Gasteiger partial charge in [-0.1, -0.05) is 6.07 Å². The predicted molar refractivity (Wildman–Crippen MR) is 92.9 cm³/mol. The average Bonchev–Trinajstić information content (AvgIpc) is 3.05. The summed E-state index contributed by atoms with van der Waals surface area (Å²) < 4.78 is 1.61. The second-order valence-corrected chi connectivity index (χ2v) is 7.71. The van der Waals surface area contributed by atoms with Gasteiger partial charge in [0.1, 0.15) is 5.65 Å². The molecule has 0 radical (unpaired) electrons. The number of hydrogen-bond acceptors (Lipinski definition) is 4. The zero-order chi connectivity index (χ0) is 16.8. The summed E-state index contributed by atoms with van der Waals surface area (Å²) in [7, 11) is 2.13. The molecule has 4 atom stereocenters. The highest BCUT2D eigenvalue weighted by Gasteiger charge is 2.42. The molecule has 2 fully saturated rings. The van der Waals surface area contributed by atoms with E-state index in [1.807, 2.05) is 25.3 Å². The highest BCUT2D eigenvalue weighted by molar-refractivity contribution is 5.39. The molecule has 0 saturated heterocycles. The Kier molecular flexibility index (Phi) is 3.93. The van der Waals surface area contributed by atoms with E-state index in [0.717, 1.165) is 36.9 Å². The van der Waals surface area contributed by atoms with Crippen LogP contribution in [0.3, 0.4) is 0 Å². The van der Waals surface area contributed by atoms with E-state index in [4.69, 9.17) is 0 Å². The summed E-state index contributed by atoms with van der Waals surface area (Å²) >= 11 is 0. The number of hydrogen-bond donors (Lipinski definition) is 1. The zero-order valence-electron chi connectivity index (χ0n) is 14.4. The summed E-state index contributed by atoms with van der Waals surface area (Å²) in [5, 5.41) is 9.79. The van der Waals surface area contributed by atoms with Crippen molar-refractivity contribution in [3.8, 4) is 0 Å². The van der Waals surface area contributed by atoms with Crippen LogP contribution in [0.15, 0.2) is 29.2 Å². The van der Waals surface area contributed by atoms with Crippen molar-refractivity contribution in [1.82, 2.24) is 14.3 Å². The minimum absolute atomic E-state index is 0.0153. The summed E-state index contributed by atoms with van der Waals surface area (Å²) in [6, 6.07) is 6.08. The maximum Gasteiger partial charge on any atom is 0.258 e. The highest BCUT2D eigenvalue weighted by atomic mass is 16.3. The van der Waals surface area contributed by atoms with Gasteiger partial charge in [-0.15, -0.1) is 0 Å². The monoisotopic (exact) mass is 327 g/mol. The molecule has 0 aromatic carbocycles. The van der Waals surface area contributed by atoms with E-state index in [0.29, 0.717) is 30.1 Å². The molecular formula is C19H25N3O2. The SMILES string of the molecule is Cc1ccc2nc(CN(C)C3C[C@H]4CC(O)C[C@H]4C3)cc(=O)n2c1. The fourth-order valence-electron chi connectivity index (χ4n) is 4.64. The van der Waals surface area contributed by atoms with E-state index in [1.54, 1.807) is 10.5 Å². The van der Waals surface area contributed by atoms with Gasteiger partial charge in [0.2, 0.25) is 0 Å². The summed E-state index contributed by atoms with van der Waals surface area (Å²) in [6.45, 7) is 2.67. The molecule has 128 valence electrons. The fourth-order valence-corrected chi connectivity index (χ4v) is 4.64. The molecule has 2 saturated carbocycles. The van der Waals surface area contributed by atoms with Gasteiger partial charge >= 0.3 is 0 Å². The van der Waals surface area contributed by atoms with Gasteiger partial charge in [-0.05, 0) is 63.1 Å². The van der Waals surface area contributed by atoms with Crippen molar-refractivity contribution in [1.29, 1.82) is 0 Å². The van der Waals surface area contributed by atoms with Crippen LogP contribution in [0.4, 0.5) is 0 Å². The van der Waals surface area contributed by atoms with E-state index in [-0.39, 0.29) is 11.7 Å². The number of nitrogens with zero attached hydrogens (tertiary/aromatic N) is 3. The van der Waals surface area contributed by atoms with Crippen molar-refractivity contribution in [3.05, 3.63) is 46.0 Å². The lowest BCUT2D eigenvalue weighted by Crippen LogP contribution is -2.31. The summed E-state index contributed by atoms with van der Waals surface area (Å²) in [5.74, 6) is 1.34. The molecule has 0 aliphatic heterocycles. The van der Waals surface area contributed by atoms with Gasteiger partial charge in [-0.25, -0.2) is 4.98 Å². The Morgan fingerprint density at radius 2 is 1.96 bits per heavy atom. The summed E-state index contributed by atoms with van der Waals surface area (Å²) in [5.41, 5.74) is 2.58. The van der Waals surface area contributed by atoms with Crippen molar-refractivity contribution in [2.45, 2.75) is 51.3 Å². The Morgan fingerprint density at radius 3 is 2.67 bits per heavy atom. The standard InChI is InChI=1S/C19H25N3O2/c1-12-3-4-18-20-15(9-19(24)22(18)10-12)11-21(2)16-5-13-7-17(23)8-14(13)6-16/h3-4,9-10,13-14,16-17,23H,5-8,11H2,1-2H3/t13-,14+,16?,17?. The number of aryl methyl sites for hydroxylation is 1. The number of rotatable bonds is 3. The summed E-state index contributed by atoms with van der Waals surface area (Å²) in [4.78, 5) is 19.3. The van der Waals surface area contributed by atoms with Crippen LogP contribution in [0.1, 0.15) is 36.9 Å². The van der Waals surface area contributed by atoms with Crippen molar-refractivity contribution in [2.75, 3.05) is 7.05 Å². The minimum atomic E-state index is -0.0862. The maximum atomic E-state index is 12.3. The molecule has 5 nitrogen and oxygen atoms in total. The van der Waals surface area contributed by atoms with Crippen LogP contribution in [0, 0.1) is 18.8 Å². The van der Waals surface area contributed by atoms with Crippen LogP contribution < -0.4 is 5.56 Å². The largest absolute Gasteiger partial charge is 0.393 e. The third-order valence-corrected chi connectivity index (χ3v) is 5.86. The molecule has 0 bridgehead atoms. The molecule has 2 aromatic heterocycles. The van der Waals surface area contributed by atoms with Crippen LogP contribution in [0.25, 0.3) is 5.65 Å². The van der Waals surface area contributed by atoms with Crippen LogP contribution in [-0.4, -0.2) is 38.6 Å². The van der Waals surface area contributed by atoms with Gasteiger partial charge < -0.3 is 5.11 Å². The lowest BCUT2D eigenvalue weighted by Gasteiger charge is -2.25. The topological polar surface area (TPSA) is 57.8 Å². The molecule has 1 N–H and O–H groups in total. The first kappa shape index (κ1) is 15.8. The van der Waals surface area contributed by atoms with Crippen molar-refractivity contribution < 1.29 is 5.11 Å². The van der Waals surface area contributed by atoms with Gasteiger partial charge in [0.25, 0.3) is 5.56 Å².